The van der Waals surface area contributed by atoms with Gasteiger partial charge < -0.3 is 14.7 Å². The van der Waals surface area contributed by atoms with Crippen molar-refractivity contribution < 1.29 is 29.1 Å². The first-order chi connectivity index (χ1) is 11.3. The van der Waals surface area contributed by atoms with Crippen LogP contribution in [0.5, 0.6) is 0 Å². The van der Waals surface area contributed by atoms with Crippen LogP contribution >= 0.6 is 0 Å². The Bertz CT molecular complexity index is 612. The van der Waals surface area contributed by atoms with Crippen molar-refractivity contribution in [2.24, 2.45) is 0 Å². The average Bonchev–Trinajstić information content (AvgIpc) is 2.57. The van der Waals surface area contributed by atoms with Crippen LogP contribution < -0.4 is 0 Å². The molecule has 2 amide bonds. The summed E-state index contributed by atoms with van der Waals surface area (Å²) in [7, 11) is 4.18. The number of benzene rings is 1. The minimum atomic E-state index is -1.05. The molecule has 24 heavy (non-hydrogen) atoms. The fourth-order valence-corrected chi connectivity index (χ4v) is 1.55. The number of carbonyl (C=O) groups excluding carboxylic acids is 3. The number of hydroxylamine groups is 2. The van der Waals surface area contributed by atoms with Crippen LogP contribution in [0.4, 0.5) is 0 Å². The number of hydrogen-bond donors (Lipinski definition) is 1. The molecule has 0 aliphatic rings. The van der Waals surface area contributed by atoms with Gasteiger partial charge >= 0.3 is 5.97 Å². The number of likely N-dealkylation sites (N-methyl/N-ethyl adjacent to an activating group) is 1. The molecule has 0 aromatic heterocycles. The predicted octanol–water partition coefficient (Wildman–Crippen LogP) is 0.650. The molecule has 0 bridgehead atoms. The summed E-state index contributed by atoms with van der Waals surface area (Å²) in [6, 6.07) is 8.91. The molecule has 0 fully saturated rings. The predicted molar refractivity (Wildman–Crippen MR) is 84.4 cm³/mol. The van der Waals surface area contributed by atoms with Gasteiger partial charge in [0.25, 0.3) is 11.8 Å². The van der Waals surface area contributed by atoms with E-state index >= 15 is 0 Å². The van der Waals surface area contributed by atoms with Gasteiger partial charge in [-0.15, -0.1) is 0 Å². The molecule has 0 aliphatic heterocycles. The SMILES string of the molecule is COC(=O)/C(O)=C/C(=O)N(Cc1ccccc1)OCC(=O)N(C)C. The van der Waals surface area contributed by atoms with Crippen LogP contribution in [-0.2, 0) is 30.5 Å². The van der Waals surface area contributed by atoms with Crippen molar-refractivity contribution in [2.75, 3.05) is 27.8 Å². The van der Waals surface area contributed by atoms with E-state index < -0.39 is 17.6 Å². The zero-order chi connectivity index (χ0) is 18.1. The maximum absolute atomic E-state index is 12.2. The first kappa shape index (κ1) is 19.2. The summed E-state index contributed by atoms with van der Waals surface area (Å²) in [5.74, 6) is -3.05. The summed E-state index contributed by atoms with van der Waals surface area (Å²) < 4.78 is 4.31. The van der Waals surface area contributed by atoms with Crippen molar-refractivity contribution in [1.29, 1.82) is 0 Å². The van der Waals surface area contributed by atoms with Crippen molar-refractivity contribution in [3.8, 4) is 0 Å². The Hall–Kier alpha value is -2.87. The molecule has 1 N–H and O–H groups in total. The number of methoxy groups -OCH3 is 1. The van der Waals surface area contributed by atoms with Gasteiger partial charge in [-0.25, -0.2) is 9.86 Å². The zero-order valence-corrected chi connectivity index (χ0v) is 13.8. The van der Waals surface area contributed by atoms with Gasteiger partial charge in [-0.1, -0.05) is 30.3 Å². The quantitative estimate of drug-likeness (QED) is 0.340. The zero-order valence-electron chi connectivity index (χ0n) is 13.8. The summed E-state index contributed by atoms with van der Waals surface area (Å²) >= 11 is 0. The van der Waals surface area contributed by atoms with Crippen molar-refractivity contribution >= 4 is 17.8 Å². The highest BCUT2D eigenvalue weighted by Crippen LogP contribution is 2.07. The molecule has 130 valence electrons. The summed E-state index contributed by atoms with van der Waals surface area (Å²) in [6.07, 6.45) is 0.676. The second-order valence-corrected chi connectivity index (χ2v) is 4.94. The molecule has 0 heterocycles. The first-order valence-electron chi connectivity index (χ1n) is 7.02. The molecular weight excluding hydrogens is 316 g/mol. The van der Waals surface area contributed by atoms with Crippen molar-refractivity contribution in [3.63, 3.8) is 0 Å². The molecule has 1 rings (SSSR count). The monoisotopic (exact) mass is 336 g/mol. The highest BCUT2D eigenvalue weighted by atomic mass is 16.7. The molecule has 1 aromatic rings. The molecule has 8 nitrogen and oxygen atoms in total. The highest BCUT2D eigenvalue weighted by Gasteiger charge is 2.18. The fraction of sp³-hybridized carbons (Fsp3) is 0.312. The average molecular weight is 336 g/mol. The Morgan fingerprint density at radius 1 is 1.17 bits per heavy atom. The van der Waals surface area contributed by atoms with Crippen LogP contribution in [0, 0.1) is 0 Å². The van der Waals surface area contributed by atoms with Gasteiger partial charge in [0, 0.05) is 14.1 Å². The standard InChI is InChI=1S/C16H20N2O6/c1-17(2)15(21)11-24-18(10-12-7-5-4-6-8-12)14(20)9-13(19)16(22)23-3/h4-9,19H,10-11H2,1-3H3/b13-9-. The van der Waals surface area contributed by atoms with Crippen molar-refractivity contribution in [3.05, 3.63) is 47.7 Å². The van der Waals surface area contributed by atoms with E-state index in [2.05, 4.69) is 4.74 Å². The van der Waals surface area contributed by atoms with E-state index in [0.29, 0.717) is 6.08 Å². The third-order valence-corrected chi connectivity index (χ3v) is 2.91. The number of ether oxygens (including phenoxy) is 1. The van der Waals surface area contributed by atoms with E-state index in [9.17, 15) is 19.5 Å². The molecule has 0 saturated carbocycles. The minimum absolute atomic E-state index is 0.0331. The van der Waals surface area contributed by atoms with Gasteiger partial charge in [-0.05, 0) is 5.56 Å². The first-order valence-corrected chi connectivity index (χ1v) is 7.02. The number of aliphatic hydroxyl groups is 1. The summed E-state index contributed by atoms with van der Waals surface area (Å²) in [5.41, 5.74) is 0.745. The van der Waals surface area contributed by atoms with Crippen LogP contribution in [-0.4, -0.2) is 60.7 Å². The third-order valence-electron chi connectivity index (χ3n) is 2.91. The molecule has 0 aliphatic carbocycles. The van der Waals surface area contributed by atoms with Crippen molar-refractivity contribution in [1.82, 2.24) is 9.96 Å². The molecular formula is C16H20N2O6. The topological polar surface area (TPSA) is 96.4 Å². The van der Waals surface area contributed by atoms with E-state index in [1.807, 2.05) is 6.07 Å². The number of carbonyl (C=O) groups is 3. The van der Waals surface area contributed by atoms with Crippen LogP contribution in [0.25, 0.3) is 0 Å². The number of amides is 2. The Kier molecular flexibility index (Phi) is 7.44. The maximum Gasteiger partial charge on any atom is 0.373 e. The highest BCUT2D eigenvalue weighted by molar-refractivity contribution is 5.96. The largest absolute Gasteiger partial charge is 0.502 e. The van der Waals surface area contributed by atoms with Gasteiger partial charge in [0.15, 0.2) is 6.61 Å². The van der Waals surface area contributed by atoms with Crippen LogP contribution in [0.3, 0.4) is 0 Å². The Morgan fingerprint density at radius 3 is 2.33 bits per heavy atom. The molecule has 0 spiro atoms. The van der Waals surface area contributed by atoms with E-state index in [1.54, 1.807) is 38.4 Å². The summed E-state index contributed by atoms with van der Waals surface area (Å²) in [6.45, 7) is -0.330. The Morgan fingerprint density at radius 2 is 1.79 bits per heavy atom. The van der Waals surface area contributed by atoms with Gasteiger partial charge in [-0.3, -0.25) is 14.4 Å². The van der Waals surface area contributed by atoms with E-state index in [0.717, 1.165) is 17.7 Å². The lowest BCUT2D eigenvalue weighted by Crippen LogP contribution is -2.35. The van der Waals surface area contributed by atoms with Gasteiger partial charge in [0.1, 0.15) is 0 Å². The summed E-state index contributed by atoms with van der Waals surface area (Å²) in [5, 5.41) is 10.4. The van der Waals surface area contributed by atoms with E-state index in [-0.39, 0.29) is 19.1 Å². The van der Waals surface area contributed by atoms with E-state index in [1.165, 1.54) is 4.90 Å². The van der Waals surface area contributed by atoms with E-state index in [4.69, 9.17) is 4.84 Å². The fourth-order valence-electron chi connectivity index (χ4n) is 1.55. The molecule has 0 radical (unpaired) electrons. The molecule has 0 saturated heterocycles. The molecule has 1 aromatic carbocycles. The molecule has 8 heteroatoms. The molecule has 0 unspecified atom stereocenters. The van der Waals surface area contributed by atoms with Crippen molar-refractivity contribution in [2.45, 2.75) is 6.54 Å². The van der Waals surface area contributed by atoms with Gasteiger partial charge in [0.2, 0.25) is 5.76 Å². The van der Waals surface area contributed by atoms with Crippen LogP contribution in [0.2, 0.25) is 0 Å². The smallest absolute Gasteiger partial charge is 0.373 e. The second kappa shape index (κ2) is 9.31. The number of aliphatic hydroxyl groups excluding tert-OH is 1. The lowest BCUT2D eigenvalue weighted by atomic mass is 10.2. The molecule has 0 atom stereocenters. The van der Waals surface area contributed by atoms with Gasteiger partial charge in [-0.2, -0.15) is 0 Å². The Balaban J connectivity index is 2.89. The minimum Gasteiger partial charge on any atom is -0.502 e. The Labute approximate surface area is 139 Å². The number of nitrogens with zero attached hydrogens (tertiary/aromatic N) is 2. The normalized spacial score (nSPS) is 10.9. The van der Waals surface area contributed by atoms with Crippen LogP contribution in [0.15, 0.2) is 42.2 Å². The van der Waals surface area contributed by atoms with Crippen LogP contribution in [0.1, 0.15) is 5.56 Å². The third kappa shape index (κ3) is 6.09. The summed E-state index contributed by atoms with van der Waals surface area (Å²) in [4.78, 5) is 41.5. The second-order valence-electron chi connectivity index (χ2n) is 4.94. The number of hydrogen-bond acceptors (Lipinski definition) is 6. The lowest BCUT2D eigenvalue weighted by Gasteiger charge is -2.21. The number of esters is 1. The maximum atomic E-state index is 12.2. The number of rotatable bonds is 7. The lowest BCUT2D eigenvalue weighted by molar-refractivity contribution is -0.189. The van der Waals surface area contributed by atoms with Gasteiger partial charge in [0.05, 0.1) is 19.7 Å².